The maximum atomic E-state index is 12.1. The number of ether oxygens (including phenoxy) is 2. The van der Waals surface area contributed by atoms with Crippen LogP contribution < -0.4 is 14.9 Å². The zero-order valence-corrected chi connectivity index (χ0v) is 16.4. The number of carbonyl (C=O) groups is 1. The van der Waals surface area contributed by atoms with E-state index in [1.54, 1.807) is 6.07 Å². The summed E-state index contributed by atoms with van der Waals surface area (Å²) in [6.45, 7) is 1.05. The molecule has 0 aliphatic carbocycles. The average molecular weight is 441 g/mol. The van der Waals surface area contributed by atoms with Gasteiger partial charge in [0.05, 0.1) is 12.6 Å². The lowest BCUT2D eigenvalue weighted by molar-refractivity contribution is -0.120. The number of nitrogens with zero attached hydrogens (tertiary/aromatic N) is 1. The first-order valence-electron chi connectivity index (χ1n) is 8.73. The minimum Gasteiger partial charge on any atom is -0.486 e. The highest BCUT2D eigenvalue weighted by molar-refractivity contribution is 9.10. The molecule has 1 N–H and O–H groups in total. The van der Waals surface area contributed by atoms with Crippen molar-refractivity contribution in [2.24, 2.45) is 5.10 Å². The molecule has 0 unspecified atom stereocenters. The van der Waals surface area contributed by atoms with Gasteiger partial charge < -0.3 is 13.9 Å². The fraction of sp³-hybridized carbons (Fsp3) is 0.143. The summed E-state index contributed by atoms with van der Waals surface area (Å²) < 4.78 is 17.7. The first kappa shape index (κ1) is 18.3. The van der Waals surface area contributed by atoms with Crippen LogP contribution in [0.2, 0.25) is 0 Å². The molecule has 0 spiro atoms. The minimum atomic E-state index is -0.229. The van der Waals surface area contributed by atoms with Crippen LogP contribution in [0.1, 0.15) is 11.3 Å². The van der Waals surface area contributed by atoms with E-state index in [4.69, 9.17) is 13.9 Å². The molecule has 0 saturated carbocycles. The number of halogens is 1. The molecule has 4 rings (SSSR count). The van der Waals surface area contributed by atoms with E-state index in [9.17, 15) is 4.79 Å². The molecule has 0 atom stereocenters. The van der Waals surface area contributed by atoms with Crippen LogP contribution in [0, 0.1) is 0 Å². The molecular formula is C21H17BrN2O4. The summed E-state index contributed by atoms with van der Waals surface area (Å²) in [6.07, 6.45) is 1.67. The molecule has 6 nitrogen and oxygen atoms in total. The third-order valence-electron chi connectivity index (χ3n) is 4.11. The molecule has 1 aliphatic rings. The molecule has 0 bridgehead atoms. The van der Waals surface area contributed by atoms with Crippen LogP contribution in [0.15, 0.2) is 68.6 Å². The second-order valence-corrected chi connectivity index (χ2v) is 7.07. The van der Waals surface area contributed by atoms with Gasteiger partial charge in [0.2, 0.25) is 5.91 Å². The summed E-state index contributed by atoms with van der Waals surface area (Å²) >= 11 is 3.41. The van der Waals surface area contributed by atoms with Crippen LogP contribution in [0.4, 0.5) is 0 Å². The Bertz CT molecular complexity index is 1010. The summed E-state index contributed by atoms with van der Waals surface area (Å²) in [6, 6.07) is 16.9. The van der Waals surface area contributed by atoms with Gasteiger partial charge >= 0.3 is 0 Å². The van der Waals surface area contributed by atoms with Crippen molar-refractivity contribution in [3.63, 3.8) is 0 Å². The van der Waals surface area contributed by atoms with Crippen LogP contribution >= 0.6 is 15.9 Å². The highest BCUT2D eigenvalue weighted by atomic mass is 79.9. The van der Waals surface area contributed by atoms with Gasteiger partial charge in [-0.2, -0.15) is 5.10 Å². The van der Waals surface area contributed by atoms with Crippen molar-refractivity contribution < 1.29 is 18.7 Å². The number of hydrazone groups is 1. The largest absolute Gasteiger partial charge is 0.486 e. The lowest BCUT2D eigenvalue weighted by atomic mass is 10.1. The molecule has 2 heterocycles. The molecule has 2 aromatic carbocycles. The number of rotatable bonds is 5. The summed E-state index contributed by atoms with van der Waals surface area (Å²) in [7, 11) is 0. The first-order chi connectivity index (χ1) is 13.7. The Labute approximate surface area is 170 Å². The number of hydrogen-bond acceptors (Lipinski definition) is 5. The molecule has 3 aromatic rings. The number of hydrogen-bond donors (Lipinski definition) is 1. The highest BCUT2D eigenvalue weighted by Gasteiger charge is 2.13. The van der Waals surface area contributed by atoms with Gasteiger partial charge in [0.1, 0.15) is 24.7 Å². The van der Waals surface area contributed by atoms with Crippen LogP contribution in [-0.2, 0) is 11.2 Å². The zero-order valence-electron chi connectivity index (χ0n) is 14.9. The van der Waals surface area contributed by atoms with Crippen molar-refractivity contribution in [2.75, 3.05) is 13.2 Å². The van der Waals surface area contributed by atoms with Crippen molar-refractivity contribution in [1.82, 2.24) is 5.43 Å². The Morgan fingerprint density at radius 3 is 2.64 bits per heavy atom. The normalized spacial score (nSPS) is 12.9. The van der Waals surface area contributed by atoms with E-state index in [2.05, 4.69) is 26.5 Å². The van der Waals surface area contributed by atoms with E-state index in [1.165, 1.54) is 6.21 Å². The Morgan fingerprint density at radius 2 is 1.82 bits per heavy atom. The Morgan fingerprint density at radius 1 is 1.04 bits per heavy atom. The quantitative estimate of drug-likeness (QED) is 0.477. The summed E-state index contributed by atoms with van der Waals surface area (Å²) in [5.41, 5.74) is 4.30. The Balaban J connectivity index is 1.33. The number of carbonyl (C=O) groups excluding carboxylic acids is 1. The SMILES string of the molecule is O=C(Cc1ccc2c(c1)OCCO2)N/N=C\c1ccc(-c2ccc(Br)cc2)o1. The summed E-state index contributed by atoms with van der Waals surface area (Å²) in [4.78, 5) is 12.1. The smallest absolute Gasteiger partial charge is 0.244 e. The predicted molar refractivity (Wildman–Crippen MR) is 109 cm³/mol. The predicted octanol–water partition coefficient (Wildman–Crippen LogP) is 4.17. The first-order valence-corrected chi connectivity index (χ1v) is 9.53. The van der Waals surface area contributed by atoms with E-state index < -0.39 is 0 Å². The van der Waals surface area contributed by atoms with Crippen LogP contribution in [-0.4, -0.2) is 25.3 Å². The molecule has 142 valence electrons. The van der Waals surface area contributed by atoms with E-state index in [-0.39, 0.29) is 12.3 Å². The number of nitrogens with one attached hydrogen (secondary N) is 1. The third kappa shape index (κ3) is 4.43. The third-order valence-corrected chi connectivity index (χ3v) is 4.64. The molecule has 28 heavy (non-hydrogen) atoms. The van der Waals surface area contributed by atoms with Gasteiger partial charge in [-0.25, -0.2) is 5.43 Å². The van der Waals surface area contributed by atoms with E-state index in [1.807, 2.05) is 48.5 Å². The van der Waals surface area contributed by atoms with Gasteiger partial charge in [-0.05, 0) is 42.0 Å². The molecule has 1 amide bonds. The second kappa shape index (κ2) is 8.31. The zero-order chi connectivity index (χ0) is 19.3. The van der Waals surface area contributed by atoms with Gasteiger partial charge in [0, 0.05) is 10.0 Å². The number of amides is 1. The van der Waals surface area contributed by atoms with Crippen molar-refractivity contribution in [3.05, 3.63) is 70.4 Å². The molecule has 0 radical (unpaired) electrons. The number of fused-ring (bicyclic) bond motifs is 1. The standard InChI is InChI=1S/C21H17BrN2O4/c22-16-4-2-15(3-5-16)18-8-6-17(28-18)13-23-24-21(25)12-14-1-7-19-20(11-14)27-10-9-26-19/h1-8,11,13H,9-10,12H2,(H,24,25)/b23-13-. The van der Waals surface area contributed by atoms with Crippen LogP contribution in [0.5, 0.6) is 11.5 Å². The summed E-state index contributed by atoms with van der Waals surface area (Å²) in [5.74, 6) is 2.42. The molecular weight excluding hydrogens is 424 g/mol. The second-order valence-electron chi connectivity index (χ2n) is 6.16. The number of furan rings is 1. The number of benzene rings is 2. The molecule has 0 saturated heterocycles. The van der Waals surface area contributed by atoms with Gasteiger partial charge in [-0.15, -0.1) is 0 Å². The van der Waals surface area contributed by atoms with Gasteiger partial charge in [0.15, 0.2) is 11.5 Å². The topological polar surface area (TPSA) is 73.1 Å². The van der Waals surface area contributed by atoms with Crippen molar-refractivity contribution in [3.8, 4) is 22.8 Å². The van der Waals surface area contributed by atoms with Gasteiger partial charge in [-0.3, -0.25) is 4.79 Å². The molecule has 0 fully saturated rings. The average Bonchev–Trinajstić information content (AvgIpc) is 3.17. The van der Waals surface area contributed by atoms with E-state index >= 15 is 0 Å². The van der Waals surface area contributed by atoms with Crippen molar-refractivity contribution in [1.29, 1.82) is 0 Å². The minimum absolute atomic E-state index is 0.191. The fourth-order valence-corrected chi connectivity index (χ4v) is 3.05. The maximum absolute atomic E-state index is 12.1. The van der Waals surface area contributed by atoms with E-state index in [0.717, 1.165) is 21.4 Å². The van der Waals surface area contributed by atoms with Crippen LogP contribution in [0.25, 0.3) is 11.3 Å². The maximum Gasteiger partial charge on any atom is 0.244 e. The molecule has 1 aromatic heterocycles. The monoisotopic (exact) mass is 440 g/mol. The molecule has 7 heteroatoms. The van der Waals surface area contributed by atoms with Gasteiger partial charge in [-0.1, -0.05) is 34.1 Å². The Hall–Kier alpha value is -3.06. The Kier molecular flexibility index (Phi) is 5.43. The van der Waals surface area contributed by atoms with Crippen molar-refractivity contribution in [2.45, 2.75) is 6.42 Å². The lowest BCUT2D eigenvalue weighted by Gasteiger charge is -2.18. The summed E-state index contributed by atoms with van der Waals surface area (Å²) in [5, 5.41) is 3.96. The van der Waals surface area contributed by atoms with E-state index in [0.29, 0.717) is 30.5 Å². The van der Waals surface area contributed by atoms with Gasteiger partial charge in [0.25, 0.3) is 0 Å². The lowest BCUT2D eigenvalue weighted by Crippen LogP contribution is -2.20. The highest BCUT2D eigenvalue weighted by Crippen LogP contribution is 2.30. The fourth-order valence-electron chi connectivity index (χ4n) is 2.78. The van der Waals surface area contributed by atoms with Crippen molar-refractivity contribution >= 4 is 28.1 Å². The molecule has 1 aliphatic heterocycles. The van der Waals surface area contributed by atoms with Crippen LogP contribution in [0.3, 0.4) is 0 Å².